The Kier molecular flexibility index (Phi) is 7.41. The Labute approximate surface area is 154 Å². The number of halogens is 1. The lowest BCUT2D eigenvalue weighted by Crippen LogP contribution is -2.22. The summed E-state index contributed by atoms with van der Waals surface area (Å²) >= 11 is 3.66. The molecule has 0 radical (unpaired) electrons. The summed E-state index contributed by atoms with van der Waals surface area (Å²) in [5.74, 6) is 1.91. The van der Waals surface area contributed by atoms with Crippen molar-refractivity contribution < 1.29 is 9.47 Å². The third-order valence-corrected chi connectivity index (χ3v) is 5.83. The zero-order chi connectivity index (χ0) is 17.5. The van der Waals surface area contributed by atoms with Gasteiger partial charge in [-0.25, -0.2) is 0 Å². The van der Waals surface area contributed by atoms with Gasteiger partial charge < -0.3 is 9.47 Å². The highest BCUT2D eigenvalue weighted by Crippen LogP contribution is 2.31. The van der Waals surface area contributed by atoms with E-state index >= 15 is 0 Å². The lowest BCUT2D eigenvalue weighted by molar-refractivity contribution is 0.218. The quantitative estimate of drug-likeness (QED) is 0.350. The zero-order valence-electron chi connectivity index (χ0n) is 15.3. The second kappa shape index (κ2) is 9.31. The Hall–Kier alpha value is -1.22. The maximum Gasteiger partial charge on any atom is 0.122 e. The zero-order valence-corrected chi connectivity index (χ0v) is 16.9. The van der Waals surface area contributed by atoms with Gasteiger partial charge in [-0.1, -0.05) is 54.8 Å². The number of alkyl halides is 1. The number of hydrogen-bond acceptors (Lipinski definition) is 2. The first-order chi connectivity index (χ1) is 11.6. The predicted octanol–water partition coefficient (Wildman–Crippen LogP) is 6.66. The molecule has 0 saturated heterocycles. The maximum absolute atomic E-state index is 6.06. The van der Waals surface area contributed by atoms with Crippen LogP contribution in [0.1, 0.15) is 52.0 Å². The van der Waals surface area contributed by atoms with Gasteiger partial charge in [0.25, 0.3) is 0 Å². The summed E-state index contributed by atoms with van der Waals surface area (Å²) in [5, 5.41) is 2.43. The fourth-order valence-electron chi connectivity index (χ4n) is 2.83. The van der Waals surface area contributed by atoms with Crippen molar-refractivity contribution in [2.24, 2.45) is 0 Å². The van der Waals surface area contributed by atoms with Crippen LogP contribution in [0.4, 0.5) is 0 Å². The monoisotopic (exact) mass is 392 g/mol. The number of benzene rings is 2. The van der Waals surface area contributed by atoms with E-state index in [1.54, 1.807) is 0 Å². The van der Waals surface area contributed by atoms with Crippen LogP contribution in [0.5, 0.6) is 11.5 Å². The molecule has 0 bridgehead atoms. The lowest BCUT2D eigenvalue weighted by atomic mass is 10.0. The Morgan fingerprint density at radius 1 is 1.08 bits per heavy atom. The van der Waals surface area contributed by atoms with Gasteiger partial charge in [-0.2, -0.15) is 0 Å². The molecule has 2 atom stereocenters. The second-order valence-corrected chi connectivity index (χ2v) is 7.55. The van der Waals surface area contributed by atoms with E-state index in [1.807, 2.05) is 0 Å². The minimum atomic E-state index is 0.148. The van der Waals surface area contributed by atoms with E-state index in [-0.39, 0.29) is 6.10 Å². The number of ether oxygens (including phenoxy) is 2. The van der Waals surface area contributed by atoms with Crippen LogP contribution in [0.3, 0.4) is 0 Å². The molecule has 0 aliphatic rings. The highest BCUT2D eigenvalue weighted by atomic mass is 79.9. The van der Waals surface area contributed by atoms with Gasteiger partial charge in [-0.05, 0) is 61.2 Å². The number of unbranched alkanes of at least 4 members (excludes halogenated alkanes) is 2. The third kappa shape index (κ3) is 4.89. The van der Waals surface area contributed by atoms with Crippen LogP contribution >= 0.6 is 15.9 Å². The Morgan fingerprint density at radius 2 is 1.88 bits per heavy atom. The molecule has 0 heterocycles. The number of hydrogen-bond donors (Lipinski definition) is 0. The summed E-state index contributed by atoms with van der Waals surface area (Å²) in [7, 11) is 0. The van der Waals surface area contributed by atoms with Crippen molar-refractivity contribution in [2.75, 3.05) is 6.61 Å². The number of rotatable bonds is 9. The Morgan fingerprint density at radius 3 is 2.58 bits per heavy atom. The standard InChI is InChI=1S/C21H29BrO2/c1-5-7-8-13-23-21-12-9-17-14-18(10-11-19(17)15(21)3)24-16(4)20(22)6-2/h9-12,14,16,20H,5-8,13H2,1-4H3. The molecule has 132 valence electrons. The van der Waals surface area contributed by atoms with Gasteiger partial charge in [-0.15, -0.1) is 0 Å². The van der Waals surface area contributed by atoms with Gasteiger partial charge in [0, 0.05) is 0 Å². The predicted molar refractivity (Wildman–Crippen MR) is 107 cm³/mol. The third-order valence-electron chi connectivity index (χ3n) is 4.44. The lowest BCUT2D eigenvalue weighted by Gasteiger charge is -2.19. The average molecular weight is 393 g/mol. The summed E-state index contributed by atoms with van der Waals surface area (Å²) in [6.45, 7) is 9.39. The molecule has 0 aliphatic heterocycles. The van der Waals surface area contributed by atoms with Gasteiger partial charge in [0.2, 0.25) is 0 Å². The normalized spacial score (nSPS) is 13.7. The molecule has 0 N–H and O–H groups in total. The molecule has 0 saturated carbocycles. The van der Waals surface area contributed by atoms with Gasteiger partial charge in [0.1, 0.15) is 17.6 Å². The van der Waals surface area contributed by atoms with Crippen molar-refractivity contribution in [3.63, 3.8) is 0 Å². The van der Waals surface area contributed by atoms with Crippen LogP contribution in [0.15, 0.2) is 30.3 Å². The molecule has 2 aromatic rings. The van der Waals surface area contributed by atoms with Crippen LogP contribution in [0.25, 0.3) is 10.8 Å². The van der Waals surface area contributed by atoms with E-state index in [2.05, 4.69) is 74.0 Å². The van der Waals surface area contributed by atoms with Crippen LogP contribution in [0, 0.1) is 6.92 Å². The Balaban J connectivity index is 2.13. The van der Waals surface area contributed by atoms with Crippen molar-refractivity contribution in [1.82, 2.24) is 0 Å². The fourth-order valence-corrected chi connectivity index (χ4v) is 2.94. The summed E-state index contributed by atoms with van der Waals surface area (Å²) in [5.41, 5.74) is 1.20. The largest absolute Gasteiger partial charge is 0.493 e. The van der Waals surface area contributed by atoms with Gasteiger partial charge in [0.05, 0.1) is 11.4 Å². The first-order valence-electron chi connectivity index (χ1n) is 9.03. The topological polar surface area (TPSA) is 18.5 Å². The second-order valence-electron chi connectivity index (χ2n) is 6.37. The molecule has 0 fully saturated rings. The maximum atomic E-state index is 6.06. The van der Waals surface area contributed by atoms with E-state index in [0.717, 1.165) is 30.9 Å². The molecule has 2 rings (SSSR count). The molecule has 2 aromatic carbocycles. The first kappa shape index (κ1) is 19.1. The molecule has 3 heteroatoms. The van der Waals surface area contributed by atoms with Crippen molar-refractivity contribution in [3.05, 3.63) is 35.9 Å². The smallest absolute Gasteiger partial charge is 0.122 e. The van der Waals surface area contributed by atoms with E-state index in [0.29, 0.717) is 4.83 Å². The molecule has 2 nitrogen and oxygen atoms in total. The van der Waals surface area contributed by atoms with Crippen LogP contribution in [0.2, 0.25) is 0 Å². The van der Waals surface area contributed by atoms with Crippen LogP contribution in [-0.4, -0.2) is 17.5 Å². The summed E-state index contributed by atoms with van der Waals surface area (Å²) < 4.78 is 12.0. The highest BCUT2D eigenvalue weighted by Gasteiger charge is 2.14. The number of aryl methyl sites for hydroxylation is 1. The minimum Gasteiger partial charge on any atom is -0.493 e. The van der Waals surface area contributed by atoms with Crippen molar-refractivity contribution in [3.8, 4) is 11.5 Å². The van der Waals surface area contributed by atoms with Crippen molar-refractivity contribution >= 4 is 26.7 Å². The van der Waals surface area contributed by atoms with E-state index in [4.69, 9.17) is 9.47 Å². The SMILES string of the molecule is CCCCCOc1ccc2cc(OC(C)C(Br)CC)ccc2c1C. The highest BCUT2D eigenvalue weighted by molar-refractivity contribution is 9.09. The minimum absolute atomic E-state index is 0.148. The molecule has 2 unspecified atom stereocenters. The van der Waals surface area contributed by atoms with Crippen LogP contribution < -0.4 is 9.47 Å². The molecule has 0 amide bonds. The molecular weight excluding hydrogens is 364 g/mol. The first-order valence-corrected chi connectivity index (χ1v) is 9.95. The van der Waals surface area contributed by atoms with Gasteiger partial charge >= 0.3 is 0 Å². The van der Waals surface area contributed by atoms with E-state index < -0.39 is 0 Å². The van der Waals surface area contributed by atoms with Gasteiger partial charge in [0.15, 0.2) is 0 Å². The molecular formula is C21H29BrO2. The molecule has 24 heavy (non-hydrogen) atoms. The Bertz CT molecular complexity index is 654. The van der Waals surface area contributed by atoms with Crippen LogP contribution in [-0.2, 0) is 0 Å². The summed E-state index contributed by atoms with van der Waals surface area (Å²) in [6.07, 6.45) is 4.75. The molecule has 0 aliphatic carbocycles. The molecule has 0 spiro atoms. The average Bonchev–Trinajstić information content (AvgIpc) is 2.59. The van der Waals surface area contributed by atoms with Crippen molar-refractivity contribution in [1.29, 1.82) is 0 Å². The van der Waals surface area contributed by atoms with Crippen molar-refractivity contribution in [2.45, 2.75) is 64.3 Å². The summed E-state index contributed by atoms with van der Waals surface area (Å²) in [6, 6.07) is 10.5. The van der Waals surface area contributed by atoms with E-state index in [1.165, 1.54) is 29.2 Å². The summed E-state index contributed by atoms with van der Waals surface area (Å²) in [4.78, 5) is 0.369. The molecule has 0 aromatic heterocycles. The van der Waals surface area contributed by atoms with E-state index in [9.17, 15) is 0 Å². The van der Waals surface area contributed by atoms with Gasteiger partial charge in [-0.3, -0.25) is 0 Å². The fraction of sp³-hybridized carbons (Fsp3) is 0.524. The number of fused-ring (bicyclic) bond motifs is 1.